The summed E-state index contributed by atoms with van der Waals surface area (Å²) in [6.07, 6.45) is 5.99. The molecule has 1 aliphatic heterocycles. The highest BCUT2D eigenvalue weighted by molar-refractivity contribution is 5.81. The van der Waals surface area contributed by atoms with Gasteiger partial charge < -0.3 is 9.47 Å². The van der Waals surface area contributed by atoms with E-state index >= 15 is 0 Å². The molecule has 5 nitrogen and oxygen atoms in total. The van der Waals surface area contributed by atoms with E-state index in [1.54, 1.807) is 11.0 Å². The van der Waals surface area contributed by atoms with Gasteiger partial charge in [-0.05, 0) is 37.5 Å². The maximum absolute atomic E-state index is 13.4. The van der Waals surface area contributed by atoms with E-state index in [1.807, 2.05) is 17.6 Å². The number of aromatic nitrogens is 3. The average molecular weight is 342 g/mol. The maximum Gasteiger partial charge on any atom is 0.246 e. The third kappa shape index (κ3) is 3.05. The molecule has 1 aromatic carbocycles. The zero-order valence-electron chi connectivity index (χ0n) is 14.5. The minimum Gasteiger partial charge on any atom is -0.329 e. The molecule has 1 amide bonds. The van der Waals surface area contributed by atoms with Gasteiger partial charge in [0, 0.05) is 12.5 Å². The van der Waals surface area contributed by atoms with E-state index in [4.69, 9.17) is 0 Å². The first-order valence-corrected chi connectivity index (χ1v) is 9.10. The van der Waals surface area contributed by atoms with Crippen LogP contribution in [0.4, 0.5) is 4.39 Å². The Morgan fingerprint density at radius 2 is 2.00 bits per heavy atom. The maximum atomic E-state index is 13.4. The van der Waals surface area contributed by atoms with Gasteiger partial charge in [-0.15, -0.1) is 10.2 Å². The molecule has 1 atom stereocenters. The van der Waals surface area contributed by atoms with Gasteiger partial charge >= 0.3 is 0 Å². The van der Waals surface area contributed by atoms with Gasteiger partial charge in [-0.1, -0.05) is 31.4 Å². The number of benzene rings is 1. The number of carbonyl (C=O) groups excluding carboxylic acids is 1. The van der Waals surface area contributed by atoms with Gasteiger partial charge in [-0.2, -0.15) is 0 Å². The van der Waals surface area contributed by atoms with Gasteiger partial charge in [-0.25, -0.2) is 4.39 Å². The van der Waals surface area contributed by atoms with Crippen molar-refractivity contribution in [3.05, 3.63) is 47.3 Å². The Hall–Kier alpha value is -2.24. The molecule has 0 bridgehead atoms. The van der Waals surface area contributed by atoms with Crippen molar-refractivity contribution in [3.8, 4) is 0 Å². The van der Waals surface area contributed by atoms with Crippen LogP contribution in [0.5, 0.6) is 0 Å². The van der Waals surface area contributed by atoms with Crippen LogP contribution in [0, 0.1) is 5.82 Å². The molecular weight excluding hydrogens is 319 g/mol. The highest BCUT2D eigenvalue weighted by Crippen LogP contribution is 2.35. The second kappa shape index (κ2) is 6.58. The van der Waals surface area contributed by atoms with E-state index in [1.165, 1.54) is 31.4 Å². The van der Waals surface area contributed by atoms with Crippen LogP contribution >= 0.6 is 0 Å². The van der Waals surface area contributed by atoms with Crippen molar-refractivity contribution in [1.82, 2.24) is 19.7 Å². The number of hydrogen-bond donors (Lipinski definition) is 0. The van der Waals surface area contributed by atoms with Crippen LogP contribution in [-0.4, -0.2) is 25.6 Å². The predicted molar refractivity (Wildman–Crippen MR) is 91.2 cm³/mol. The van der Waals surface area contributed by atoms with Crippen molar-refractivity contribution < 1.29 is 9.18 Å². The summed E-state index contributed by atoms with van der Waals surface area (Å²) in [7, 11) is 0. The van der Waals surface area contributed by atoms with Crippen molar-refractivity contribution in [3.63, 3.8) is 0 Å². The molecule has 0 unspecified atom stereocenters. The normalized spacial score (nSPS) is 21.4. The number of hydrogen-bond acceptors (Lipinski definition) is 3. The summed E-state index contributed by atoms with van der Waals surface area (Å²) < 4.78 is 15.5. The lowest BCUT2D eigenvalue weighted by molar-refractivity contribution is -0.137. The molecule has 0 spiro atoms. The Balaban J connectivity index is 1.58. The Labute approximate surface area is 146 Å². The Morgan fingerprint density at radius 3 is 2.76 bits per heavy atom. The quantitative estimate of drug-likeness (QED) is 0.857. The molecule has 0 N–H and O–H groups in total. The molecule has 4 rings (SSSR count). The molecule has 2 heterocycles. The minimum atomic E-state index is -0.302. The van der Waals surface area contributed by atoms with Crippen LogP contribution in [0.15, 0.2) is 24.3 Å². The SMILES string of the molecule is C[C@H]1C(=O)N(Cc2cccc(F)c2)Cc2nnc(C3CCCCC3)n21. The van der Waals surface area contributed by atoms with Crippen LogP contribution < -0.4 is 0 Å². The number of rotatable bonds is 3. The number of amides is 1. The smallest absolute Gasteiger partial charge is 0.246 e. The fourth-order valence-electron chi connectivity index (χ4n) is 4.12. The summed E-state index contributed by atoms with van der Waals surface area (Å²) in [6.45, 7) is 2.74. The molecule has 0 saturated heterocycles. The monoisotopic (exact) mass is 342 g/mol. The standard InChI is InChI=1S/C19H23FN4O/c1-13-19(25)23(11-14-6-5-9-16(20)10-14)12-17-21-22-18(24(13)17)15-7-3-2-4-8-15/h5-6,9-10,13,15H,2-4,7-8,11-12H2,1H3/t13-/m0/s1. The first kappa shape index (κ1) is 16.2. The van der Waals surface area contributed by atoms with Crippen LogP contribution in [-0.2, 0) is 17.9 Å². The second-order valence-corrected chi connectivity index (χ2v) is 7.18. The van der Waals surface area contributed by atoms with Gasteiger partial charge in [0.25, 0.3) is 0 Å². The van der Waals surface area contributed by atoms with Crippen LogP contribution in [0.3, 0.4) is 0 Å². The predicted octanol–water partition coefficient (Wildman–Crippen LogP) is 3.57. The number of carbonyl (C=O) groups is 1. The minimum absolute atomic E-state index is 0.0496. The highest BCUT2D eigenvalue weighted by Gasteiger charge is 2.35. The van der Waals surface area contributed by atoms with E-state index in [2.05, 4.69) is 10.2 Å². The summed E-state index contributed by atoms with van der Waals surface area (Å²) in [5.74, 6) is 2.00. The first-order valence-electron chi connectivity index (χ1n) is 9.10. The molecule has 132 valence electrons. The van der Waals surface area contributed by atoms with Gasteiger partial charge in [-0.3, -0.25) is 4.79 Å². The molecule has 6 heteroatoms. The molecule has 2 aliphatic rings. The van der Waals surface area contributed by atoms with E-state index in [-0.39, 0.29) is 17.8 Å². The molecule has 1 fully saturated rings. The van der Waals surface area contributed by atoms with Gasteiger partial charge in [0.2, 0.25) is 5.91 Å². The molecule has 0 radical (unpaired) electrons. The van der Waals surface area contributed by atoms with Crippen molar-refractivity contribution in [1.29, 1.82) is 0 Å². The van der Waals surface area contributed by atoms with E-state index in [9.17, 15) is 9.18 Å². The zero-order valence-corrected chi connectivity index (χ0v) is 14.5. The van der Waals surface area contributed by atoms with Crippen LogP contribution in [0.2, 0.25) is 0 Å². The van der Waals surface area contributed by atoms with Crippen molar-refractivity contribution >= 4 is 5.91 Å². The third-order valence-corrected chi connectivity index (χ3v) is 5.41. The molecule has 1 saturated carbocycles. The molecule has 2 aromatic rings. The summed E-state index contributed by atoms with van der Waals surface area (Å²) in [5.41, 5.74) is 0.793. The summed E-state index contributed by atoms with van der Waals surface area (Å²) in [4.78, 5) is 14.6. The zero-order chi connectivity index (χ0) is 17.4. The van der Waals surface area contributed by atoms with Gasteiger partial charge in [0.05, 0.1) is 6.54 Å². The molecule has 25 heavy (non-hydrogen) atoms. The topological polar surface area (TPSA) is 51.0 Å². The number of halogens is 1. The highest BCUT2D eigenvalue weighted by atomic mass is 19.1. The van der Waals surface area contributed by atoms with Crippen molar-refractivity contribution in [2.75, 3.05) is 0 Å². The second-order valence-electron chi connectivity index (χ2n) is 7.18. The van der Waals surface area contributed by atoms with Gasteiger partial charge in [0.15, 0.2) is 5.82 Å². The summed E-state index contributed by atoms with van der Waals surface area (Å²) in [6, 6.07) is 6.10. The van der Waals surface area contributed by atoms with E-state index in [0.717, 1.165) is 30.1 Å². The fourth-order valence-corrected chi connectivity index (χ4v) is 4.12. The summed E-state index contributed by atoms with van der Waals surface area (Å²) >= 11 is 0. The van der Waals surface area contributed by atoms with Crippen molar-refractivity contribution in [2.45, 2.75) is 64.1 Å². The molecular formula is C19H23FN4O. The molecule has 1 aliphatic carbocycles. The number of nitrogens with zero attached hydrogens (tertiary/aromatic N) is 4. The lowest BCUT2D eigenvalue weighted by Gasteiger charge is -2.33. The number of fused-ring (bicyclic) bond motifs is 1. The van der Waals surface area contributed by atoms with Crippen LogP contribution in [0.1, 0.15) is 68.2 Å². The van der Waals surface area contributed by atoms with E-state index in [0.29, 0.717) is 19.0 Å². The molecule has 1 aromatic heterocycles. The van der Waals surface area contributed by atoms with E-state index < -0.39 is 0 Å². The third-order valence-electron chi connectivity index (χ3n) is 5.41. The van der Waals surface area contributed by atoms with Crippen molar-refractivity contribution in [2.24, 2.45) is 0 Å². The largest absolute Gasteiger partial charge is 0.329 e. The van der Waals surface area contributed by atoms with Crippen LogP contribution in [0.25, 0.3) is 0 Å². The average Bonchev–Trinajstić information content (AvgIpc) is 3.04. The van der Waals surface area contributed by atoms with Gasteiger partial charge in [0.1, 0.15) is 17.7 Å². The Bertz CT molecular complexity index is 781. The fraction of sp³-hybridized carbons (Fsp3) is 0.526. The summed E-state index contributed by atoms with van der Waals surface area (Å²) in [5, 5.41) is 8.81. The lowest BCUT2D eigenvalue weighted by Crippen LogP contribution is -2.42. The lowest BCUT2D eigenvalue weighted by atomic mass is 9.88. The first-order chi connectivity index (χ1) is 12.1. The Morgan fingerprint density at radius 1 is 1.20 bits per heavy atom. The Kier molecular flexibility index (Phi) is 4.27.